The van der Waals surface area contributed by atoms with Crippen LogP contribution in [0.1, 0.15) is 12.0 Å². The number of nitrogens with two attached hydrogens (primary N) is 1. The van der Waals surface area contributed by atoms with Crippen LogP contribution in [0.5, 0.6) is 0 Å². The predicted octanol–water partition coefficient (Wildman–Crippen LogP) is 0.992. The lowest BCUT2D eigenvalue weighted by molar-refractivity contribution is -0.118. The Kier molecular flexibility index (Phi) is 3.76. The lowest BCUT2D eigenvalue weighted by Gasteiger charge is -2.18. The third-order valence-electron chi connectivity index (χ3n) is 2.77. The monoisotopic (exact) mass is 265 g/mol. The standard InChI is InChI=1S/C12H15N3O2S/c1-14-12(17)6-18-10-5-9-7(4-8(10)13)2-3-11(16)15-9/h4-5H,2-3,6,13H2,1H3,(H,14,17)(H,15,16). The number of carbonyl (C=O) groups is 2. The zero-order chi connectivity index (χ0) is 13.1. The van der Waals surface area contributed by atoms with Gasteiger partial charge in [-0.25, -0.2) is 0 Å². The zero-order valence-corrected chi connectivity index (χ0v) is 10.9. The second-order valence-corrected chi connectivity index (χ2v) is 5.07. The van der Waals surface area contributed by atoms with E-state index in [1.807, 2.05) is 12.1 Å². The molecule has 96 valence electrons. The minimum absolute atomic E-state index is 0.0227. The summed E-state index contributed by atoms with van der Waals surface area (Å²) in [5, 5.41) is 5.37. The van der Waals surface area contributed by atoms with Crippen molar-refractivity contribution in [2.24, 2.45) is 0 Å². The van der Waals surface area contributed by atoms with Crippen LogP contribution in [0.4, 0.5) is 11.4 Å². The van der Waals surface area contributed by atoms with Gasteiger partial charge in [-0.2, -0.15) is 0 Å². The molecule has 6 heteroatoms. The molecule has 0 fully saturated rings. The van der Waals surface area contributed by atoms with Gasteiger partial charge in [0, 0.05) is 29.7 Å². The molecule has 0 aliphatic carbocycles. The summed E-state index contributed by atoms with van der Waals surface area (Å²) in [6.45, 7) is 0. The molecule has 4 N–H and O–H groups in total. The molecule has 0 saturated carbocycles. The van der Waals surface area contributed by atoms with Crippen LogP contribution in [0.2, 0.25) is 0 Å². The molecule has 0 spiro atoms. The molecule has 0 bridgehead atoms. The number of carbonyl (C=O) groups excluding carboxylic acids is 2. The van der Waals surface area contributed by atoms with Crippen LogP contribution in [0, 0.1) is 0 Å². The highest BCUT2D eigenvalue weighted by Crippen LogP contribution is 2.33. The van der Waals surface area contributed by atoms with Crippen molar-refractivity contribution < 1.29 is 9.59 Å². The first-order valence-corrected chi connectivity index (χ1v) is 6.64. The quantitative estimate of drug-likeness (QED) is 0.562. The largest absolute Gasteiger partial charge is 0.398 e. The first kappa shape index (κ1) is 12.8. The van der Waals surface area contributed by atoms with Gasteiger partial charge in [-0.1, -0.05) is 0 Å². The molecule has 1 aliphatic rings. The predicted molar refractivity (Wildman–Crippen MR) is 72.6 cm³/mol. The fraction of sp³-hybridized carbons (Fsp3) is 0.333. The first-order valence-electron chi connectivity index (χ1n) is 5.66. The van der Waals surface area contributed by atoms with E-state index in [-0.39, 0.29) is 11.8 Å². The van der Waals surface area contributed by atoms with Gasteiger partial charge in [0.2, 0.25) is 11.8 Å². The lowest BCUT2D eigenvalue weighted by Crippen LogP contribution is -2.20. The van der Waals surface area contributed by atoms with Crippen LogP contribution in [-0.2, 0) is 16.0 Å². The summed E-state index contributed by atoms with van der Waals surface area (Å²) >= 11 is 1.37. The van der Waals surface area contributed by atoms with Crippen molar-refractivity contribution in [1.82, 2.24) is 5.32 Å². The van der Waals surface area contributed by atoms with E-state index in [2.05, 4.69) is 10.6 Å². The Labute approximate surface area is 110 Å². The fourth-order valence-electron chi connectivity index (χ4n) is 1.77. The average Bonchev–Trinajstić information content (AvgIpc) is 2.36. The molecular weight excluding hydrogens is 250 g/mol. The molecule has 2 rings (SSSR count). The summed E-state index contributed by atoms with van der Waals surface area (Å²) < 4.78 is 0. The summed E-state index contributed by atoms with van der Waals surface area (Å²) in [6.07, 6.45) is 1.21. The highest BCUT2D eigenvalue weighted by atomic mass is 32.2. The summed E-state index contributed by atoms with van der Waals surface area (Å²) in [5.74, 6) is 0.281. The number of fused-ring (bicyclic) bond motifs is 1. The molecule has 1 aromatic rings. The Morgan fingerprint density at radius 1 is 1.50 bits per heavy atom. The second-order valence-electron chi connectivity index (χ2n) is 4.06. The van der Waals surface area contributed by atoms with Gasteiger partial charge in [-0.05, 0) is 24.1 Å². The Morgan fingerprint density at radius 3 is 3.00 bits per heavy atom. The Bertz CT molecular complexity index is 502. The molecule has 1 aromatic carbocycles. The third kappa shape index (κ3) is 2.76. The van der Waals surface area contributed by atoms with Crippen LogP contribution < -0.4 is 16.4 Å². The molecule has 0 radical (unpaired) electrons. The van der Waals surface area contributed by atoms with E-state index in [0.29, 0.717) is 24.3 Å². The average molecular weight is 265 g/mol. The molecule has 1 aliphatic heterocycles. The number of hydrogen-bond acceptors (Lipinski definition) is 4. The maximum absolute atomic E-state index is 11.3. The van der Waals surface area contributed by atoms with Crippen molar-refractivity contribution in [3.05, 3.63) is 17.7 Å². The summed E-state index contributed by atoms with van der Waals surface area (Å²) in [7, 11) is 1.60. The number of benzene rings is 1. The molecule has 0 aromatic heterocycles. The van der Waals surface area contributed by atoms with Crippen LogP contribution in [0.3, 0.4) is 0 Å². The first-order chi connectivity index (χ1) is 8.60. The normalized spacial score (nSPS) is 13.7. The smallest absolute Gasteiger partial charge is 0.230 e. The van der Waals surface area contributed by atoms with Crippen LogP contribution >= 0.6 is 11.8 Å². The molecule has 5 nitrogen and oxygen atoms in total. The number of nitrogens with one attached hydrogen (secondary N) is 2. The van der Waals surface area contributed by atoms with Gasteiger partial charge in [0.25, 0.3) is 0 Å². The highest BCUT2D eigenvalue weighted by Gasteiger charge is 2.17. The van der Waals surface area contributed by atoms with E-state index in [1.165, 1.54) is 11.8 Å². The van der Waals surface area contributed by atoms with Gasteiger partial charge >= 0.3 is 0 Å². The number of thioether (sulfide) groups is 1. The number of amides is 2. The van der Waals surface area contributed by atoms with Crippen molar-refractivity contribution in [2.75, 3.05) is 23.9 Å². The Morgan fingerprint density at radius 2 is 2.28 bits per heavy atom. The Balaban J connectivity index is 2.18. The number of hydrogen-bond donors (Lipinski definition) is 3. The number of aryl methyl sites for hydroxylation is 1. The Hall–Kier alpha value is -1.69. The highest BCUT2D eigenvalue weighted by molar-refractivity contribution is 8.00. The molecule has 1 heterocycles. The number of nitrogen functional groups attached to an aromatic ring is 1. The van der Waals surface area contributed by atoms with E-state index in [4.69, 9.17) is 5.73 Å². The van der Waals surface area contributed by atoms with Gasteiger partial charge in [-0.15, -0.1) is 11.8 Å². The van der Waals surface area contributed by atoms with E-state index in [0.717, 1.165) is 16.1 Å². The van der Waals surface area contributed by atoms with Gasteiger partial charge in [0.15, 0.2) is 0 Å². The van der Waals surface area contributed by atoms with E-state index >= 15 is 0 Å². The summed E-state index contributed by atoms with van der Waals surface area (Å²) in [5.41, 5.74) is 8.45. The van der Waals surface area contributed by atoms with Crippen molar-refractivity contribution in [3.63, 3.8) is 0 Å². The lowest BCUT2D eigenvalue weighted by atomic mass is 10.0. The fourth-order valence-corrected chi connectivity index (χ4v) is 2.63. The molecule has 18 heavy (non-hydrogen) atoms. The van der Waals surface area contributed by atoms with Crippen molar-refractivity contribution >= 4 is 35.0 Å². The van der Waals surface area contributed by atoms with Gasteiger partial charge < -0.3 is 16.4 Å². The van der Waals surface area contributed by atoms with Crippen molar-refractivity contribution in [3.8, 4) is 0 Å². The molecule has 2 amide bonds. The van der Waals surface area contributed by atoms with Gasteiger partial charge in [0.1, 0.15) is 0 Å². The van der Waals surface area contributed by atoms with Crippen LogP contribution in [-0.4, -0.2) is 24.6 Å². The van der Waals surface area contributed by atoms with Gasteiger partial charge in [-0.3, -0.25) is 9.59 Å². The number of anilines is 2. The van der Waals surface area contributed by atoms with Gasteiger partial charge in [0.05, 0.1) is 5.75 Å². The summed E-state index contributed by atoms with van der Waals surface area (Å²) in [6, 6.07) is 3.72. The molecular formula is C12H15N3O2S. The second kappa shape index (κ2) is 5.30. The van der Waals surface area contributed by atoms with E-state index in [1.54, 1.807) is 7.05 Å². The topological polar surface area (TPSA) is 84.2 Å². The minimum atomic E-state index is -0.0545. The van der Waals surface area contributed by atoms with Crippen molar-refractivity contribution in [1.29, 1.82) is 0 Å². The van der Waals surface area contributed by atoms with Crippen LogP contribution in [0.15, 0.2) is 17.0 Å². The number of rotatable bonds is 3. The third-order valence-corrected chi connectivity index (χ3v) is 3.84. The van der Waals surface area contributed by atoms with Crippen LogP contribution in [0.25, 0.3) is 0 Å². The van der Waals surface area contributed by atoms with Crippen molar-refractivity contribution in [2.45, 2.75) is 17.7 Å². The maximum Gasteiger partial charge on any atom is 0.230 e. The maximum atomic E-state index is 11.3. The molecule has 0 unspecified atom stereocenters. The zero-order valence-electron chi connectivity index (χ0n) is 10.1. The minimum Gasteiger partial charge on any atom is -0.398 e. The van der Waals surface area contributed by atoms with E-state index in [9.17, 15) is 9.59 Å². The molecule has 0 atom stereocenters. The SMILES string of the molecule is CNC(=O)CSc1cc2c(cc1N)CCC(=O)N2. The molecule has 0 saturated heterocycles. The van der Waals surface area contributed by atoms with E-state index < -0.39 is 0 Å². The summed E-state index contributed by atoms with van der Waals surface area (Å²) in [4.78, 5) is 23.3.